The van der Waals surface area contributed by atoms with E-state index < -0.39 is 11.7 Å². The van der Waals surface area contributed by atoms with Crippen LogP contribution in [0.1, 0.15) is 22.8 Å². The molecule has 0 aliphatic heterocycles. The Labute approximate surface area is 119 Å². The van der Waals surface area contributed by atoms with Crippen LogP contribution in [-0.2, 0) is 6.18 Å². The van der Waals surface area contributed by atoms with Crippen molar-refractivity contribution >= 4 is 17.4 Å². The summed E-state index contributed by atoms with van der Waals surface area (Å²) >= 11 is 5.83. The molecule has 2 rings (SSSR count). The highest BCUT2D eigenvalue weighted by Crippen LogP contribution is 2.32. The average Bonchev–Trinajstić information content (AvgIpc) is 2.37. The Morgan fingerprint density at radius 1 is 1.05 bits per heavy atom. The van der Waals surface area contributed by atoms with E-state index in [4.69, 9.17) is 11.6 Å². The second kappa shape index (κ2) is 5.29. The lowest BCUT2D eigenvalue weighted by Gasteiger charge is -2.10. The summed E-state index contributed by atoms with van der Waals surface area (Å²) in [4.78, 5) is 11.6. The molecule has 20 heavy (non-hydrogen) atoms. The third kappa shape index (κ3) is 3.02. The van der Waals surface area contributed by atoms with Gasteiger partial charge in [0.15, 0.2) is 5.78 Å². The monoisotopic (exact) mass is 298 g/mol. The van der Waals surface area contributed by atoms with Crippen LogP contribution in [0, 0.1) is 0 Å². The van der Waals surface area contributed by atoms with Gasteiger partial charge in [0.2, 0.25) is 0 Å². The standard InChI is InChI=1S/C15H10ClF3O/c1-9(20)14-8-12(16)6-7-13(14)10-2-4-11(5-3-10)15(17,18)19/h2-8H,1H3. The van der Waals surface area contributed by atoms with E-state index in [1.165, 1.54) is 25.1 Å². The molecule has 0 heterocycles. The van der Waals surface area contributed by atoms with Crippen LogP contribution in [-0.4, -0.2) is 5.78 Å². The highest BCUT2D eigenvalue weighted by Gasteiger charge is 2.30. The van der Waals surface area contributed by atoms with Gasteiger partial charge >= 0.3 is 6.18 Å². The lowest BCUT2D eigenvalue weighted by molar-refractivity contribution is -0.137. The highest BCUT2D eigenvalue weighted by molar-refractivity contribution is 6.31. The zero-order chi connectivity index (χ0) is 14.9. The SMILES string of the molecule is CC(=O)c1cc(Cl)ccc1-c1ccc(C(F)(F)F)cc1. The van der Waals surface area contributed by atoms with Crippen molar-refractivity contribution in [2.75, 3.05) is 0 Å². The lowest BCUT2D eigenvalue weighted by atomic mass is 9.97. The first kappa shape index (κ1) is 14.6. The number of Topliss-reactive ketones (excluding diaryl/α,β-unsaturated/α-hetero) is 1. The van der Waals surface area contributed by atoms with Crippen molar-refractivity contribution in [1.82, 2.24) is 0 Å². The zero-order valence-electron chi connectivity index (χ0n) is 10.5. The van der Waals surface area contributed by atoms with E-state index >= 15 is 0 Å². The van der Waals surface area contributed by atoms with Crippen LogP contribution < -0.4 is 0 Å². The third-order valence-electron chi connectivity index (χ3n) is 2.88. The van der Waals surface area contributed by atoms with Crippen LogP contribution in [0.25, 0.3) is 11.1 Å². The molecule has 0 aromatic heterocycles. The van der Waals surface area contributed by atoms with Gasteiger partial charge in [-0.15, -0.1) is 0 Å². The number of carbonyl (C=O) groups excluding carboxylic acids is 1. The Kier molecular flexibility index (Phi) is 3.86. The largest absolute Gasteiger partial charge is 0.416 e. The van der Waals surface area contributed by atoms with Crippen LogP contribution in [0.5, 0.6) is 0 Å². The normalized spacial score (nSPS) is 11.4. The van der Waals surface area contributed by atoms with Crippen molar-refractivity contribution in [3.05, 3.63) is 58.6 Å². The second-order valence-corrected chi connectivity index (χ2v) is 4.76. The van der Waals surface area contributed by atoms with Gasteiger partial charge in [0.25, 0.3) is 0 Å². The molecule has 104 valence electrons. The number of benzene rings is 2. The predicted octanol–water partition coefficient (Wildman–Crippen LogP) is 5.23. The Morgan fingerprint density at radius 2 is 1.65 bits per heavy atom. The molecular weight excluding hydrogens is 289 g/mol. The third-order valence-corrected chi connectivity index (χ3v) is 3.12. The van der Waals surface area contributed by atoms with Crippen LogP contribution >= 0.6 is 11.6 Å². The van der Waals surface area contributed by atoms with Crippen molar-refractivity contribution in [1.29, 1.82) is 0 Å². The molecular formula is C15H10ClF3O. The number of halogens is 4. The van der Waals surface area contributed by atoms with Gasteiger partial charge in [-0.25, -0.2) is 0 Å². The maximum atomic E-state index is 12.5. The smallest absolute Gasteiger partial charge is 0.294 e. The lowest BCUT2D eigenvalue weighted by Crippen LogP contribution is -2.04. The fraction of sp³-hybridized carbons (Fsp3) is 0.133. The van der Waals surface area contributed by atoms with Crippen LogP contribution in [0.3, 0.4) is 0 Å². The van der Waals surface area contributed by atoms with E-state index in [0.717, 1.165) is 12.1 Å². The number of rotatable bonds is 2. The van der Waals surface area contributed by atoms with Gasteiger partial charge in [0, 0.05) is 10.6 Å². The Balaban J connectivity index is 2.50. The van der Waals surface area contributed by atoms with E-state index in [1.807, 2.05) is 0 Å². The maximum absolute atomic E-state index is 12.5. The first-order chi connectivity index (χ1) is 9.29. The van der Waals surface area contributed by atoms with E-state index in [0.29, 0.717) is 21.7 Å². The number of hydrogen-bond acceptors (Lipinski definition) is 1. The summed E-state index contributed by atoms with van der Waals surface area (Å²) in [5.41, 5.74) is 0.771. The summed E-state index contributed by atoms with van der Waals surface area (Å²) in [6.45, 7) is 1.39. The van der Waals surface area contributed by atoms with Gasteiger partial charge in [-0.3, -0.25) is 4.79 Å². The molecule has 0 aliphatic carbocycles. The summed E-state index contributed by atoms with van der Waals surface area (Å²) in [7, 11) is 0. The fourth-order valence-electron chi connectivity index (χ4n) is 1.90. The van der Waals surface area contributed by atoms with Crippen molar-refractivity contribution < 1.29 is 18.0 Å². The minimum atomic E-state index is -4.37. The highest BCUT2D eigenvalue weighted by atomic mass is 35.5. The van der Waals surface area contributed by atoms with Gasteiger partial charge in [-0.1, -0.05) is 29.8 Å². The van der Waals surface area contributed by atoms with Crippen LogP contribution in [0.15, 0.2) is 42.5 Å². The molecule has 0 unspecified atom stereocenters. The molecule has 0 saturated heterocycles. The van der Waals surface area contributed by atoms with E-state index in [2.05, 4.69) is 0 Å². The maximum Gasteiger partial charge on any atom is 0.416 e. The average molecular weight is 299 g/mol. The first-order valence-electron chi connectivity index (χ1n) is 5.77. The summed E-state index contributed by atoms with van der Waals surface area (Å²) < 4.78 is 37.5. The van der Waals surface area contributed by atoms with Crippen LogP contribution in [0.2, 0.25) is 5.02 Å². The van der Waals surface area contributed by atoms with Crippen molar-refractivity contribution in [3.8, 4) is 11.1 Å². The summed E-state index contributed by atoms with van der Waals surface area (Å²) in [5, 5.41) is 0.408. The van der Waals surface area contributed by atoms with Crippen LogP contribution in [0.4, 0.5) is 13.2 Å². The van der Waals surface area contributed by atoms with Gasteiger partial charge in [0.05, 0.1) is 5.56 Å². The quantitative estimate of drug-likeness (QED) is 0.694. The predicted molar refractivity (Wildman–Crippen MR) is 71.9 cm³/mol. The first-order valence-corrected chi connectivity index (χ1v) is 6.15. The number of alkyl halides is 3. The number of carbonyl (C=O) groups is 1. The minimum Gasteiger partial charge on any atom is -0.294 e. The molecule has 5 heteroatoms. The van der Waals surface area contributed by atoms with E-state index in [1.54, 1.807) is 12.1 Å². The molecule has 0 aliphatic rings. The topological polar surface area (TPSA) is 17.1 Å². The van der Waals surface area contributed by atoms with E-state index in [-0.39, 0.29) is 5.78 Å². The van der Waals surface area contributed by atoms with Gasteiger partial charge in [-0.05, 0) is 42.3 Å². The van der Waals surface area contributed by atoms with Gasteiger partial charge < -0.3 is 0 Å². The molecule has 0 saturated carbocycles. The minimum absolute atomic E-state index is 0.192. The number of ketones is 1. The molecule has 0 atom stereocenters. The Bertz CT molecular complexity index is 645. The molecule has 1 nitrogen and oxygen atoms in total. The Hall–Kier alpha value is -1.81. The molecule has 0 spiro atoms. The molecule has 0 radical (unpaired) electrons. The van der Waals surface area contributed by atoms with Crippen molar-refractivity contribution in [2.45, 2.75) is 13.1 Å². The summed E-state index contributed by atoms with van der Waals surface area (Å²) in [6, 6.07) is 9.41. The van der Waals surface area contributed by atoms with Crippen molar-refractivity contribution in [2.24, 2.45) is 0 Å². The second-order valence-electron chi connectivity index (χ2n) is 4.32. The van der Waals surface area contributed by atoms with E-state index in [9.17, 15) is 18.0 Å². The van der Waals surface area contributed by atoms with Gasteiger partial charge in [0.1, 0.15) is 0 Å². The fourth-order valence-corrected chi connectivity index (χ4v) is 2.07. The summed E-state index contributed by atoms with van der Waals surface area (Å²) in [6.07, 6.45) is -4.37. The molecule has 0 fully saturated rings. The summed E-state index contributed by atoms with van der Waals surface area (Å²) in [5.74, 6) is -0.192. The van der Waals surface area contributed by atoms with Gasteiger partial charge in [-0.2, -0.15) is 13.2 Å². The number of hydrogen-bond donors (Lipinski definition) is 0. The molecule has 2 aromatic carbocycles. The molecule has 2 aromatic rings. The zero-order valence-corrected chi connectivity index (χ0v) is 11.2. The molecule has 0 bridgehead atoms. The molecule has 0 amide bonds. The molecule has 0 N–H and O–H groups in total. The van der Waals surface area contributed by atoms with Crippen molar-refractivity contribution in [3.63, 3.8) is 0 Å². The Morgan fingerprint density at radius 3 is 2.15 bits per heavy atom.